The minimum Gasteiger partial charge on any atom is -0.379 e. The molecule has 0 spiro atoms. The minimum absolute atomic E-state index is 0.158. The van der Waals surface area contributed by atoms with E-state index in [4.69, 9.17) is 9.72 Å². The molecule has 4 aromatic rings. The molecular formula is C25H24N4O4S2. The fourth-order valence-corrected chi connectivity index (χ4v) is 6.40. The summed E-state index contributed by atoms with van der Waals surface area (Å²) in [7, 11) is -3.64. The van der Waals surface area contributed by atoms with Crippen LogP contribution in [0.5, 0.6) is 0 Å². The second-order valence-electron chi connectivity index (χ2n) is 8.21. The molecule has 1 aliphatic heterocycles. The lowest BCUT2D eigenvalue weighted by Crippen LogP contribution is -2.40. The Bertz CT molecular complexity index is 1450. The van der Waals surface area contributed by atoms with E-state index in [1.54, 1.807) is 29.4 Å². The Balaban J connectivity index is 1.47. The smallest absolute Gasteiger partial charge is 0.260 e. The lowest BCUT2D eigenvalue weighted by molar-refractivity contribution is 0.0730. The summed E-state index contributed by atoms with van der Waals surface area (Å²) in [4.78, 5) is 24.4. The molecule has 1 amide bonds. The number of anilines is 1. The zero-order chi connectivity index (χ0) is 24.4. The monoisotopic (exact) mass is 508 g/mol. The predicted molar refractivity (Wildman–Crippen MR) is 135 cm³/mol. The lowest BCUT2D eigenvalue weighted by Gasteiger charge is -2.26. The van der Waals surface area contributed by atoms with Crippen LogP contribution in [-0.2, 0) is 21.3 Å². The zero-order valence-electron chi connectivity index (χ0n) is 19.1. The minimum atomic E-state index is -3.64. The van der Waals surface area contributed by atoms with Crippen molar-refractivity contribution in [3.63, 3.8) is 0 Å². The molecule has 0 aliphatic carbocycles. The van der Waals surface area contributed by atoms with Crippen LogP contribution in [0, 0.1) is 6.92 Å². The summed E-state index contributed by atoms with van der Waals surface area (Å²) < 4.78 is 33.6. The van der Waals surface area contributed by atoms with E-state index in [9.17, 15) is 13.2 Å². The Morgan fingerprint density at radius 2 is 1.86 bits per heavy atom. The van der Waals surface area contributed by atoms with Crippen LogP contribution in [0.15, 0.2) is 71.9 Å². The maximum absolute atomic E-state index is 13.7. The first kappa shape index (κ1) is 23.6. The Hall–Kier alpha value is -3.18. The fraction of sp³-hybridized carbons (Fsp3) is 0.240. The molecule has 1 aliphatic rings. The second-order valence-corrected chi connectivity index (χ2v) is 11.2. The van der Waals surface area contributed by atoms with Crippen molar-refractivity contribution in [2.45, 2.75) is 18.4 Å². The highest BCUT2D eigenvalue weighted by Crippen LogP contribution is 2.32. The van der Waals surface area contributed by atoms with Gasteiger partial charge in [0, 0.05) is 31.0 Å². The zero-order valence-corrected chi connectivity index (χ0v) is 20.8. The molecule has 0 unspecified atom stereocenters. The largest absolute Gasteiger partial charge is 0.379 e. The van der Waals surface area contributed by atoms with Crippen LogP contribution in [0.2, 0.25) is 0 Å². The number of pyridine rings is 1. The van der Waals surface area contributed by atoms with Gasteiger partial charge in [-0.05, 0) is 54.4 Å². The van der Waals surface area contributed by atoms with Crippen molar-refractivity contribution in [1.82, 2.24) is 14.3 Å². The number of fused-ring (bicyclic) bond motifs is 1. The summed E-state index contributed by atoms with van der Waals surface area (Å²) in [6.07, 6.45) is 3.40. The quantitative estimate of drug-likeness (QED) is 0.393. The van der Waals surface area contributed by atoms with Crippen LogP contribution in [0.25, 0.3) is 10.2 Å². The number of carbonyl (C=O) groups is 1. The van der Waals surface area contributed by atoms with Gasteiger partial charge in [-0.25, -0.2) is 13.4 Å². The van der Waals surface area contributed by atoms with Crippen molar-refractivity contribution < 1.29 is 17.9 Å². The molecule has 35 heavy (non-hydrogen) atoms. The Morgan fingerprint density at radius 3 is 2.54 bits per heavy atom. The summed E-state index contributed by atoms with van der Waals surface area (Å²) in [6.45, 7) is 3.67. The highest BCUT2D eigenvalue weighted by atomic mass is 32.2. The second kappa shape index (κ2) is 9.82. The van der Waals surface area contributed by atoms with Gasteiger partial charge in [-0.3, -0.25) is 14.7 Å². The van der Waals surface area contributed by atoms with E-state index in [2.05, 4.69) is 4.98 Å². The van der Waals surface area contributed by atoms with Crippen molar-refractivity contribution in [2.24, 2.45) is 0 Å². The standard InChI is InChI=1S/C25H24N4O4S2/c1-18-4-2-6-22-23(18)27-25(34-22)29(17-19-5-3-11-26-16-19)24(30)20-7-9-21(10-8-20)35(31,32)28-12-14-33-15-13-28/h2-11,16H,12-15,17H2,1H3. The van der Waals surface area contributed by atoms with Crippen molar-refractivity contribution in [2.75, 3.05) is 31.2 Å². The molecular weight excluding hydrogens is 484 g/mol. The number of aromatic nitrogens is 2. The average molecular weight is 509 g/mol. The van der Waals surface area contributed by atoms with Gasteiger partial charge in [0.15, 0.2) is 5.13 Å². The highest BCUT2D eigenvalue weighted by molar-refractivity contribution is 7.89. The molecule has 5 rings (SSSR count). The molecule has 10 heteroatoms. The van der Waals surface area contributed by atoms with Crippen molar-refractivity contribution in [3.8, 4) is 0 Å². The van der Waals surface area contributed by atoms with Gasteiger partial charge in [-0.1, -0.05) is 29.5 Å². The fourth-order valence-electron chi connectivity index (χ4n) is 3.95. The topological polar surface area (TPSA) is 92.7 Å². The number of amides is 1. The molecule has 3 heterocycles. The summed E-state index contributed by atoms with van der Waals surface area (Å²) in [5.74, 6) is -0.263. The van der Waals surface area contributed by atoms with Gasteiger partial charge >= 0.3 is 0 Å². The van der Waals surface area contributed by atoms with Crippen LogP contribution in [0.3, 0.4) is 0 Å². The normalized spacial score (nSPS) is 14.8. The number of hydrogen-bond donors (Lipinski definition) is 0. The third-order valence-corrected chi connectivity index (χ3v) is 8.81. The first-order chi connectivity index (χ1) is 16.9. The molecule has 8 nitrogen and oxygen atoms in total. The molecule has 0 saturated carbocycles. The maximum atomic E-state index is 13.7. The molecule has 0 bridgehead atoms. The molecule has 180 valence electrons. The van der Waals surface area contributed by atoms with Gasteiger partial charge in [-0.2, -0.15) is 4.31 Å². The molecule has 2 aromatic carbocycles. The SMILES string of the molecule is Cc1cccc2sc(N(Cc3cccnc3)C(=O)c3ccc(S(=O)(=O)N4CCOCC4)cc3)nc12. The van der Waals surface area contributed by atoms with Crippen molar-refractivity contribution in [3.05, 3.63) is 83.7 Å². The number of hydrogen-bond acceptors (Lipinski definition) is 7. The summed E-state index contributed by atoms with van der Waals surface area (Å²) in [5.41, 5.74) is 3.15. The number of para-hydroxylation sites is 1. The van der Waals surface area contributed by atoms with E-state index in [1.807, 2.05) is 37.3 Å². The number of benzene rings is 2. The van der Waals surface area contributed by atoms with E-state index < -0.39 is 10.0 Å². The maximum Gasteiger partial charge on any atom is 0.260 e. The van der Waals surface area contributed by atoms with E-state index in [0.29, 0.717) is 43.5 Å². The average Bonchev–Trinajstić information content (AvgIpc) is 3.34. The van der Waals surface area contributed by atoms with Gasteiger partial charge in [0.05, 0.1) is 34.9 Å². The molecule has 2 aromatic heterocycles. The molecule has 0 N–H and O–H groups in total. The van der Waals surface area contributed by atoms with Crippen LogP contribution >= 0.6 is 11.3 Å². The number of rotatable bonds is 6. The van der Waals surface area contributed by atoms with Gasteiger partial charge in [0.25, 0.3) is 5.91 Å². The number of sulfonamides is 1. The highest BCUT2D eigenvalue weighted by Gasteiger charge is 2.27. The first-order valence-corrected chi connectivity index (χ1v) is 13.4. The van der Waals surface area contributed by atoms with Crippen LogP contribution in [-0.4, -0.2) is 54.9 Å². The first-order valence-electron chi connectivity index (χ1n) is 11.2. The molecule has 1 saturated heterocycles. The van der Waals surface area contributed by atoms with Gasteiger partial charge in [-0.15, -0.1) is 0 Å². The van der Waals surface area contributed by atoms with E-state index in [1.165, 1.54) is 27.8 Å². The number of carbonyl (C=O) groups excluding carboxylic acids is 1. The molecule has 1 fully saturated rings. The van der Waals surface area contributed by atoms with E-state index in [0.717, 1.165) is 21.3 Å². The van der Waals surface area contributed by atoms with Crippen LogP contribution in [0.1, 0.15) is 21.5 Å². The Kier molecular flexibility index (Phi) is 6.61. The predicted octanol–water partition coefficient (Wildman–Crippen LogP) is 3.87. The van der Waals surface area contributed by atoms with E-state index in [-0.39, 0.29) is 10.8 Å². The molecule has 0 radical (unpaired) electrons. The molecule has 0 atom stereocenters. The number of nitrogens with zero attached hydrogens (tertiary/aromatic N) is 4. The van der Waals surface area contributed by atoms with Crippen LogP contribution < -0.4 is 4.90 Å². The van der Waals surface area contributed by atoms with Gasteiger partial charge in [0.2, 0.25) is 10.0 Å². The Morgan fingerprint density at radius 1 is 1.09 bits per heavy atom. The number of ether oxygens (including phenoxy) is 1. The number of aryl methyl sites for hydroxylation is 1. The summed E-state index contributed by atoms with van der Waals surface area (Å²) in [6, 6.07) is 15.8. The van der Waals surface area contributed by atoms with Crippen molar-refractivity contribution >= 4 is 42.6 Å². The lowest BCUT2D eigenvalue weighted by atomic mass is 10.2. The van der Waals surface area contributed by atoms with Gasteiger partial charge in [0.1, 0.15) is 0 Å². The summed E-state index contributed by atoms with van der Waals surface area (Å²) in [5, 5.41) is 0.577. The Labute approximate surface area is 207 Å². The number of thiazole rings is 1. The third kappa shape index (κ3) is 4.83. The van der Waals surface area contributed by atoms with E-state index >= 15 is 0 Å². The third-order valence-electron chi connectivity index (χ3n) is 5.86. The van der Waals surface area contributed by atoms with Crippen LogP contribution in [0.4, 0.5) is 5.13 Å². The summed E-state index contributed by atoms with van der Waals surface area (Å²) >= 11 is 1.45. The number of morpholine rings is 1. The van der Waals surface area contributed by atoms with Crippen molar-refractivity contribution in [1.29, 1.82) is 0 Å². The van der Waals surface area contributed by atoms with Gasteiger partial charge < -0.3 is 4.74 Å².